The summed E-state index contributed by atoms with van der Waals surface area (Å²) in [4.78, 5) is 0. The van der Waals surface area contributed by atoms with Crippen LogP contribution in [0, 0.1) is 6.92 Å². The van der Waals surface area contributed by atoms with Crippen LogP contribution in [0.25, 0.3) is 0 Å². The van der Waals surface area contributed by atoms with Gasteiger partial charge in [-0.25, -0.2) is 0 Å². The van der Waals surface area contributed by atoms with Gasteiger partial charge >= 0.3 is 0 Å². The lowest BCUT2D eigenvalue weighted by atomic mass is 9.83. The molecular weight excluding hydrogens is 250 g/mol. The van der Waals surface area contributed by atoms with E-state index < -0.39 is 6.10 Å². The molecule has 1 atom stereocenters. The molecule has 0 aliphatic heterocycles. The summed E-state index contributed by atoms with van der Waals surface area (Å²) in [6.45, 7) is 5.22. The Hall–Kier alpha value is -1.06. The van der Waals surface area contributed by atoms with Crippen molar-refractivity contribution in [1.82, 2.24) is 5.32 Å². The second-order valence-corrected chi connectivity index (χ2v) is 6.23. The Morgan fingerprint density at radius 3 is 2.65 bits per heavy atom. The lowest BCUT2D eigenvalue weighted by molar-refractivity contribution is 0.0927. The van der Waals surface area contributed by atoms with E-state index in [0.717, 1.165) is 11.3 Å². The second kappa shape index (κ2) is 7.09. The maximum atomic E-state index is 10.1. The third-order valence-corrected chi connectivity index (χ3v) is 4.25. The normalized spacial score (nSPS) is 19.6. The molecule has 3 nitrogen and oxygen atoms in total. The molecule has 0 bridgehead atoms. The van der Waals surface area contributed by atoms with E-state index >= 15 is 0 Å². The first-order valence-electron chi connectivity index (χ1n) is 7.71. The van der Waals surface area contributed by atoms with Gasteiger partial charge in [0.2, 0.25) is 0 Å². The van der Waals surface area contributed by atoms with Crippen LogP contribution in [0.2, 0.25) is 0 Å². The number of aryl methyl sites for hydroxylation is 1. The minimum Gasteiger partial charge on any atom is -0.491 e. The number of hydrogen-bond donors (Lipinski definition) is 2. The SMILES string of the molecule is Cc1ccccc1OCC(O)CNC1(C)CCCCC1. The van der Waals surface area contributed by atoms with Gasteiger partial charge < -0.3 is 15.2 Å². The Kier molecular flexibility index (Phi) is 5.44. The number of hydrogen-bond acceptors (Lipinski definition) is 3. The molecule has 0 aromatic heterocycles. The van der Waals surface area contributed by atoms with Crippen molar-refractivity contribution in [2.45, 2.75) is 57.6 Å². The van der Waals surface area contributed by atoms with Crippen molar-refractivity contribution in [3.8, 4) is 5.75 Å². The zero-order valence-corrected chi connectivity index (χ0v) is 12.7. The van der Waals surface area contributed by atoms with Gasteiger partial charge in [0.15, 0.2) is 0 Å². The minimum atomic E-state index is -0.464. The molecule has 0 heterocycles. The van der Waals surface area contributed by atoms with Gasteiger partial charge in [-0.05, 0) is 38.3 Å². The van der Waals surface area contributed by atoms with Gasteiger partial charge in [0.1, 0.15) is 18.5 Å². The molecule has 1 fully saturated rings. The first-order chi connectivity index (χ1) is 9.59. The van der Waals surface area contributed by atoms with Crippen LogP contribution in [0.15, 0.2) is 24.3 Å². The van der Waals surface area contributed by atoms with Crippen LogP contribution in [0.4, 0.5) is 0 Å². The van der Waals surface area contributed by atoms with Crippen molar-refractivity contribution < 1.29 is 9.84 Å². The summed E-state index contributed by atoms with van der Waals surface area (Å²) in [7, 11) is 0. The minimum absolute atomic E-state index is 0.196. The van der Waals surface area contributed by atoms with Gasteiger partial charge in [-0.3, -0.25) is 0 Å². The van der Waals surface area contributed by atoms with E-state index in [4.69, 9.17) is 4.74 Å². The number of benzene rings is 1. The summed E-state index contributed by atoms with van der Waals surface area (Å²) >= 11 is 0. The Morgan fingerprint density at radius 1 is 1.25 bits per heavy atom. The van der Waals surface area contributed by atoms with Crippen LogP contribution in [-0.4, -0.2) is 29.9 Å². The van der Waals surface area contributed by atoms with Gasteiger partial charge in [-0.15, -0.1) is 0 Å². The zero-order valence-electron chi connectivity index (χ0n) is 12.7. The molecule has 0 saturated heterocycles. The van der Waals surface area contributed by atoms with Crippen molar-refractivity contribution in [1.29, 1.82) is 0 Å². The zero-order chi connectivity index (χ0) is 14.4. The molecule has 0 amide bonds. The fraction of sp³-hybridized carbons (Fsp3) is 0.647. The Balaban J connectivity index is 1.73. The molecule has 0 spiro atoms. The van der Waals surface area contributed by atoms with Gasteiger partial charge in [-0.2, -0.15) is 0 Å². The van der Waals surface area contributed by atoms with Crippen LogP contribution in [-0.2, 0) is 0 Å². The highest BCUT2D eigenvalue weighted by molar-refractivity contribution is 5.31. The first kappa shape index (κ1) is 15.3. The number of aliphatic hydroxyl groups excluding tert-OH is 1. The topological polar surface area (TPSA) is 41.5 Å². The van der Waals surface area contributed by atoms with E-state index in [1.165, 1.54) is 32.1 Å². The van der Waals surface area contributed by atoms with E-state index in [0.29, 0.717) is 13.2 Å². The summed E-state index contributed by atoms with van der Waals surface area (Å²) < 4.78 is 5.68. The van der Waals surface area contributed by atoms with Crippen molar-refractivity contribution >= 4 is 0 Å². The third-order valence-electron chi connectivity index (χ3n) is 4.25. The lowest BCUT2D eigenvalue weighted by Crippen LogP contribution is -2.48. The second-order valence-electron chi connectivity index (χ2n) is 6.23. The van der Waals surface area contributed by atoms with Crippen LogP contribution in [0.5, 0.6) is 5.75 Å². The highest BCUT2D eigenvalue weighted by Crippen LogP contribution is 2.27. The van der Waals surface area contributed by atoms with Crippen molar-refractivity contribution in [3.63, 3.8) is 0 Å². The van der Waals surface area contributed by atoms with Gasteiger partial charge in [0.05, 0.1) is 0 Å². The molecule has 1 aliphatic rings. The Bertz CT molecular complexity index is 413. The van der Waals surface area contributed by atoms with Crippen molar-refractivity contribution in [2.75, 3.05) is 13.2 Å². The quantitative estimate of drug-likeness (QED) is 0.839. The average molecular weight is 277 g/mol. The van der Waals surface area contributed by atoms with E-state index in [-0.39, 0.29) is 5.54 Å². The molecule has 1 saturated carbocycles. The third kappa shape index (κ3) is 4.50. The van der Waals surface area contributed by atoms with Crippen LogP contribution in [0.1, 0.15) is 44.6 Å². The number of aliphatic hydroxyl groups is 1. The molecule has 2 N–H and O–H groups in total. The number of nitrogens with one attached hydrogen (secondary N) is 1. The molecule has 1 aliphatic carbocycles. The number of para-hydroxylation sites is 1. The molecular formula is C17H27NO2. The van der Waals surface area contributed by atoms with E-state index in [2.05, 4.69) is 12.2 Å². The maximum absolute atomic E-state index is 10.1. The number of rotatable bonds is 6. The summed E-state index contributed by atoms with van der Waals surface area (Å²) in [5.41, 5.74) is 1.30. The van der Waals surface area contributed by atoms with E-state index in [1.54, 1.807) is 0 Å². The maximum Gasteiger partial charge on any atom is 0.122 e. The molecule has 0 radical (unpaired) electrons. The van der Waals surface area contributed by atoms with E-state index in [1.807, 2.05) is 31.2 Å². The summed E-state index contributed by atoms with van der Waals surface area (Å²) in [6, 6.07) is 7.90. The Morgan fingerprint density at radius 2 is 1.95 bits per heavy atom. The van der Waals surface area contributed by atoms with Gasteiger partial charge in [0, 0.05) is 12.1 Å². The lowest BCUT2D eigenvalue weighted by Gasteiger charge is -2.35. The van der Waals surface area contributed by atoms with Crippen LogP contribution < -0.4 is 10.1 Å². The molecule has 112 valence electrons. The summed E-state index contributed by atoms with van der Waals surface area (Å²) in [6.07, 6.45) is 5.87. The van der Waals surface area contributed by atoms with Gasteiger partial charge in [0.25, 0.3) is 0 Å². The molecule has 1 aromatic carbocycles. The fourth-order valence-corrected chi connectivity index (χ4v) is 2.84. The van der Waals surface area contributed by atoms with Crippen LogP contribution in [0.3, 0.4) is 0 Å². The van der Waals surface area contributed by atoms with Crippen molar-refractivity contribution in [2.24, 2.45) is 0 Å². The molecule has 3 heteroatoms. The first-order valence-corrected chi connectivity index (χ1v) is 7.71. The van der Waals surface area contributed by atoms with Gasteiger partial charge in [-0.1, -0.05) is 37.5 Å². The number of ether oxygens (including phenoxy) is 1. The number of β-amino-alcohol motifs (C(OH)–C–C–N with tert-alkyl or cyclic N) is 1. The summed E-state index contributed by atoms with van der Waals surface area (Å²) in [5, 5.41) is 13.6. The molecule has 1 aromatic rings. The predicted octanol–water partition coefficient (Wildman–Crippen LogP) is 3.05. The summed E-state index contributed by atoms with van der Waals surface area (Å²) in [5.74, 6) is 0.857. The molecule has 20 heavy (non-hydrogen) atoms. The van der Waals surface area contributed by atoms with Crippen LogP contribution >= 0.6 is 0 Å². The highest BCUT2D eigenvalue weighted by atomic mass is 16.5. The average Bonchev–Trinajstić information content (AvgIpc) is 2.45. The predicted molar refractivity (Wildman–Crippen MR) is 82.2 cm³/mol. The van der Waals surface area contributed by atoms with Crippen molar-refractivity contribution in [3.05, 3.63) is 29.8 Å². The molecule has 2 rings (SSSR count). The molecule has 1 unspecified atom stereocenters. The van der Waals surface area contributed by atoms with E-state index in [9.17, 15) is 5.11 Å². The highest BCUT2D eigenvalue weighted by Gasteiger charge is 2.26. The fourth-order valence-electron chi connectivity index (χ4n) is 2.84. The monoisotopic (exact) mass is 277 g/mol. The smallest absolute Gasteiger partial charge is 0.122 e. The Labute approximate surface area is 122 Å². The largest absolute Gasteiger partial charge is 0.491 e. The standard InChI is InChI=1S/C17H27NO2/c1-14-8-4-5-9-16(14)20-13-15(19)12-18-17(2)10-6-3-7-11-17/h4-5,8-9,15,18-19H,3,6-7,10-13H2,1-2H3.